The number of carbonyl (C=O) groups excluding carboxylic acids is 1. The standard InChI is InChI=1S/C11H15BrN2O3/c1-11(17,6-15)5-14-10(16)8-4-7(13)2-3-9(8)12/h2-4,15,17H,5-6,13H2,1H3,(H,14,16). The van der Waals surface area contributed by atoms with Gasteiger partial charge in [-0.15, -0.1) is 0 Å². The summed E-state index contributed by atoms with van der Waals surface area (Å²) in [4.78, 5) is 11.8. The van der Waals surface area contributed by atoms with Crippen molar-refractivity contribution in [1.82, 2.24) is 5.32 Å². The summed E-state index contributed by atoms with van der Waals surface area (Å²) in [7, 11) is 0. The highest BCUT2D eigenvalue weighted by Crippen LogP contribution is 2.19. The molecule has 1 atom stereocenters. The maximum Gasteiger partial charge on any atom is 0.252 e. The van der Waals surface area contributed by atoms with E-state index in [0.717, 1.165) is 0 Å². The van der Waals surface area contributed by atoms with E-state index in [1.54, 1.807) is 12.1 Å². The molecule has 0 saturated heterocycles. The van der Waals surface area contributed by atoms with Crippen molar-refractivity contribution in [3.8, 4) is 0 Å². The molecule has 0 aliphatic rings. The molecule has 5 N–H and O–H groups in total. The molecule has 0 radical (unpaired) electrons. The topological polar surface area (TPSA) is 95.6 Å². The third-order valence-corrected chi connectivity index (χ3v) is 2.90. The van der Waals surface area contributed by atoms with Gasteiger partial charge in [-0.25, -0.2) is 0 Å². The van der Waals surface area contributed by atoms with Crippen LogP contribution in [0.1, 0.15) is 17.3 Å². The van der Waals surface area contributed by atoms with E-state index < -0.39 is 12.2 Å². The van der Waals surface area contributed by atoms with Crippen molar-refractivity contribution in [2.24, 2.45) is 0 Å². The Kier molecular flexibility index (Phi) is 4.50. The van der Waals surface area contributed by atoms with Gasteiger partial charge in [0.2, 0.25) is 0 Å². The van der Waals surface area contributed by atoms with Gasteiger partial charge in [0, 0.05) is 16.7 Å². The highest BCUT2D eigenvalue weighted by molar-refractivity contribution is 9.10. The number of benzene rings is 1. The highest BCUT2D eigenvalue weighted by Gasteiger charge is 2.20. The normalized spacial score (nSPS) is 14.1. The second-order valence-corrected chi connectivity index (χ2v) is 4.93. The smallest absolute Gasteiger partial charge is 0.252 e. The molecule has 0 aliphatic carbocycles. The van der Waals surface area contributed by atoms with E-state index in [1.807, 2.05) is 0 Å². The first-order chi connectivity index (χ1) is 7.85. The molecule has 0 bridgehead atoms. The van der Waals surface area contributed by atoms with Gasteiger partial charge < -0.3 is 21.3 Å². The minimum Gasteiger partial charge on any atom is -0.399 e. The van der Waals surface area contributed by atoms with Crippen molar-refractivity contribution in [3.63, 3.8) is 0 Å². The molecule has 0 fully saturated rings. The molecular weight excluding hydrogens is 288 g/mol. The second-order valence-electron chi connectivity index (χ2n) is 4.08. The zero-order valence-corrected chi connectivity index (χ0v) is 11.0. The quantitative estimate of drug-likeness (QED) is 0.609. The Balaban J connectivity index is 2.74. The number of nitrogen functional groups attached to an aromatic ring is 1. The first-order valence-corrected chi connectivity index (χ1v) is 5.81. The third-order valence-electron chi connectivity index (χ3n) is 2.21. The van der Waals surface area contributed by atoms with Crippen molar-refractivity contribution in [2.75, 3.05) is 18.9 Å². The van der Waals surface area contributed by atoms with Crippen molar-refractivity contribution in [2.45, 2.75) is 12.5 Å². The Morgan fingerprint density at radius 1 is 1.59 bits per heavy atom. The summed E-state index contributed by atoms with van der Waals surface area (Å²) in [6.45, 7) is 0.969. The lowest BCUT2D eigenvalue weighted by Gasteiger charge is -2.20. The Morgan fingerprint density at radius 2 is 2.24 bits per heavy atom. The van der Waals surface area contributed by atoms with Crippen LogP contribution in [0.25, 0.3) is 0 Å². The lowest BCUT2D eigenvalue weighted by molar-refractivity contribution is 0.00319. The first-order valence-electron chi connectivity index (χ1n) is 5.02. The molecule has 0 saturated carbocycles. The molecule has 1 aromatic rings. The van der Waals surface area contributed by atoms with E-state index in [9.17, 15) is 9.90 Å². The monoisotopic (exact) mass is 302 g/mol. The average molecular weight is 303 g/mol. The number of nitrogens with one attached hydrogen (secondary N) is 1. The fraction of sp³-hybridized carbons (Fsp3) is 0.364. The van der Waals surface area contributed by atoms with Crippen LogP contribution in [0.2, 0.25) is 0 Å². The van der Waals surface area contributed by atoms with Crippen molar-refractivity contribution >= 4 is 27.5 Å². The van der Waals surface area contributed by atoms with E-state index in [2.05, 4.69) is 21.2 Å². The van der Waals surface area contributed by atoms with Crippen LogP contribution in [0.3, 0.4) is 0 Å². The van der Waals surface area contributed by atoms with Crippen LogP contribution in [0.5, 0.6) is 0 Å². The van der Waals surface area contributed by atoms with Crippen LogP contribution in [0.4, 0.5) is 5.69 Å². The Morgan fingerprint density at radius 3 is 2.82 bits per heavy atom. The maximum absolute atomic E-state index is 11.8. The van der Waals surface area contributed by atoms with Crippen LogP contribution in [0.15, 0.2) is 22.7 Å². The fourth-order valence-electron chi connectivity index (χ4n) is 1.14. The molecule has 6 heteroatoms. The number of carbonyl (C=O) groups is 1. The molecule has 0 aliphatic heterocycles. The number of amides is 1. The molecule has 17 heavy (non-hydrogen) atoms. The zero-order valence-electron chi connectivity index (χ0n) is 9.40. The van der Waals surface area contributed by atoms with Gasteiger partial charge in [-0.3, -0.25) is 4.79 Å². The Bertz CT molecular complexity index is 421. The van der Waals surface area contributed by atoms with Gasteiger partial charge in [0.15, 0.2) is 0 Å². The first kappa shape index (κ1) is 14.0. The van der Waals surface area contributed by atoms with Gasteiger partial charge in [-0.2, -0.15) is 0 Å². The minimum atomic E-state index is -1.33. The summed E-state index contributed by atoms with van der Waals surface area (Å²) >= 11 is 3.24. The van der Waals surface area contributed by atoms with Gasteiger partial charge >= 0.3 is 0 Å². The molecule has 0 spiro atoms. The summed E-state index contributed by atoms with van der Waals surface area (Å²) in [6, 6.07) is 4.88. The molecule has 1 rings (SSSR count). The second kappa shape index (κ2) is 5.48. The van der Waals surface area contributed by atoms with Gasteiger partial charge in [0.1, 0.15) is 5.60 Å². The fourth-order valence-corrected chi connectivity index (χ4v) is 1.57. The van der Waals surface area contributed by atoms with E-state index in [-0.39, 0.29) is 12.5 Å². The van der Waals surface area contributed by atoms with Crippen LogP contribution >= 0.6 is 15.9 Å². The summed E-state index contributed by atoms with van der Waals surface area (Å²) in [5.41, 5.74) is 5.12. The molecule has 5 nitrogen and oxygen atoms in total. The van der Waals surface area contributed by atoms with E-state index >= 15 is 0 Å². The number of aliphatic hydroxyl groups is 2. The summed E-state index contributed by atoms with van der Waals surface area (Å²) in [5.74, 6) is -0.363. The van der Waals surface area contributed by atoms with Crippen molar-refractivity contribution in [1.29, 1.82) is 0 Å². The van der Waals surface area contributed by atoms with E-state index in [0.29, 0.717) is 15.7 Å². The Hall–Kier alpha value is -1.11. The zero-order chi connectivity index (χ0) is 13.1. The average Bonchev–Trinajstić information content (AvgIpc) is 2.29. The molecule has 1 amide bonds. The number of nitrogens with two attached hydrogens (primary N) is 1. The van der Waals surface area contributed by atoms with Crippen LogP contribution < -0.4 is 11.1 Å². The van der Waals surface area contributed by atoms with Gasteiger partial charge in [0.05, 0.1) is 12.2 Å². The number of anilines is 1. The van der Waals surface area contributed by atoms with Crippen LogP contribution in [-0.2, 0) is 0 Å². The number of aliphatic hydroxyl groups excluding tert-OH is 1. The minimum absolute atomic E-state index is 0.0381. The lowest BCUT2D eigenvalue weighted by Crippen LogP contribution is -2.43. The molecule has 0 aromatic heterocycles. The van der Waals surface area contributed by atoms with Gasteiger partial charge in [-0.1, -0.05) is 0 Å². The van der Waals surface area contributed by atoms with E-state index in [1.165, 1.54) is 13.0 Å². The molecule has 1 unspecified atom stereocenters. The number of hydrogen-bond donors (Lipinski definition) is 4. The van der Waals surface area contributed by atoms with Crippen molar-refractivity contribution < 1.29 is 15.0 Å². The summed E-state index contributed by atoms with van der Waals surface area (Å²) in [6.07, 6.45) is 0. The molecule has 94 valence electrons. The maximum atomic E-state index is 11.8. The lowest BCUT2D eigenvalue weighted by atomic mass is 10.1. The number of halogens is 1. The molecule has 1 aromatic carbocycles. The SMILES string of the molecule is CC(O)(CO)CNC(=O)c1cc(N)ccc1Br. The largest absolute Gasteiger partial charge is 0.399 e. The Labute approximate surface area is 108 Å². The number of rotatable bonds is 4. The predicted molar refractivity (Wildman–Crippen MR) is 68.6 cm³/mol. The van der Waals surface area contributed by atoms with Gasteiger partial charge in [0.25, 0.3) is 5.91 Å². The summed E-state index contributed by atoms with van der Waals surface area (Å²) in [5, 5.41) is 20.9. The van der Waals surface area contributed by atoms with Crippen LogP contribution in [0, 0.1) is 0 Å². The predicted octanol–water partition coefficient (Wildman–Crippen LogP) is 0.504. The number of hydrogen-bond acceptors (Lipinski definition) is 4. The molecular formula is C11H15BrN2O3. The summed E-state index contributed by atoms with van der Waals surface area (Å²) < 4.78 is 0.618. The van der Waals surface area contributed by atoms with Crippen molar-refractivity contribution in [3.05, 3.63) is 28.2 Å². The highest BCUT2D eigenvalue weighted by atomic mass is 79.9. The third kappa shape index (κ3) is 3.99. The van der Waals surface area contributed by atoms with Crippen LogP contribution in [-0.4, -0.2) is 34.9 Å². The molecule has 0 heterocycles. The van der Waals surface area contributed by atoms with E-state index in [4.69, 9.17) is 10.8 Å². The van der Waals surface area contributed by atoms with Gasteiger partial charge in [-0.05, 0) is 41.1 Å².